The summed E-state index contributed by atoms with van der Waals surface area (Å²) in [5.74, 6) is 2.70. The van der Waals surface area contributed by atoms with Crippen molar-refractivity contribution in [3.8, 4) is 0 Å². The summed E-state index contributed by atoms with van der Waals surface area (Å²) in [4.78, 5) is 5.58. The number of hydrogen-bond acceptors (Lipinski definition) is 3. The molecule has 4 bridgehead atoms. The molecule has 13 rings (SSSR count). The number of amidine groups is 1. The molecule has 57 heavy (non-hydrogen) atoms. The maximum atomic E-state index is 6.59. The Hall–Kier alpha value is -5.67. The molecule has 5 unspecified atom stereocenters. The number of aliphatic imine (C=N–C) groups is 1. The fourth-order valence-corrected chi connectivity index (χ4v) is 13.0. The molecule has 0 amide bonds. The molecule has 5 atom stereocenters. The molecule has 1 fully saturated rings. The molecule has 3 heteroatoms. The molecule has 0 saturated heterocycles. The Morgan fingerprint density at radius 3 is 2.44 bits per heavy atom. The molecule has 1 saturated carbocycles. The maximum Gasteiger partial charge on any atom is 0.205 e. The molecule has 2 heterocycles. The van der Waals surface area contributed by atoms with Gasteiger partial charge in [0, 0.05) is 39.5 Å². The van der Waals surface area contributed by atoms with Crippen LogP contribution in [0.15, 0.2) is 148 Å². The zero-order chi connectivity index (χ0) is 37.5. The minimum Gasteiger partial charge on any atom is -0.440 e. The first-order chi connectivity index (χ1) is 28.1. The third kappa shape index (κ3) is 4.30. The Kier molecular flexibility index (Phi) is 6.65. The molecule has 1 aliphatic heterocycles. The number of para-hydroxylation sites is 1. The first kappa shape index (κ1) is 32.4. The quantitative estimate of drug-likeness (QED) is 0.192. The highest BCUT2D eigenvalue weighted by Crippen LogP contribution is 2.66. The predicted molar refractivity (Wildman–Crippen MR) is 232 cm³/mol. The SMILES string of the molecule is CC12c3cc(C4=NC(c5ccccc5)c5c(oc6ccccc56)N4)ccc3C3=CC(CCC3)c3cccc4c3C3=CC1C(C=C3C41CCCCC1)c1ccccc12. The minimum atomic E-state index is -0.254. The zero-order valence-corrected chi connectivity index (χ0v) is 32.5. The van der Waals surface area contributed by atoms with E-state index in [0.717, 1.165) is 40.2 Å². The molecule has 0 radical (unpaired) electrons. The van der Waals surface area contributed by atoms with E-state index in [0.29, 0.717) is 17.8 Å². The van der Waals surface area contributed by atoms with Crippen LogP contribution in [0.2, 0.25) is 0 Å². The molecule has 6 aromatic rings. The predicted octanol–water partition coefficient (Wildman–Crippen LogP) is 13.3. The molecule has 1 spiro atoms. The van der Waals surface area contributed by atoms with Crippen LogP contribution in [0.3, 0.4) is 0 Å². The number of rotatable bonds is 2. The molecule has 3 nitrogen and oxygen atoms in total. The second-order valence-corrected chi connectivity index (χ2v) is 18.1. The number of nitrogens with one attached hydrogen (secondary N) is 1. The Bertz CT molecular complexity index is 2820. The van der Waals surface area contributed by atoms with Gasteiger partial charge < -0.3 is 9.73 Å². The monoisotopic (exact) mass is 738 g/mol. The van der Waals surface area contributed by atoms with Crippen LogP contribution in [0.25, 0.3) is 22.1 Å². The topological polar surface area (TPSA) is 37.5 Å². The summed E-state index contributed by atoms with van der Waals surface area (Å²) >= 11 is 0. The lowest BCUT2D eigenvalue weighted by Gasteiger charge is -2.41. The van der Waals surface area contributed by atoms with Crippen LogP contribution in [-0.2, 0) is 10.8 Å². The smallest absolute Gasteiger partial charge is 0.205 e. The average molecular weight is 739 g/mol. The summed E-state index contributed by atoms with van der Waals surface area (Å²) in [7, 11) is 0. The second kappa shape index (κ2) is 11.7. The van der Waals surface area contributed by atoms with Gasteiger partial charge in [-0.25, -0.2) is 0 Å². The number of hydrogen-bond donors (Lipinski definition) is 1. The number of nitrogens with zero attached hydrogens (tertiary/aromatic N) is 1. The van der Waals surface area contributed by atoms with Gasteiger partial charge in [0.15, 0.2) is 0 Å². The van der Waals surface area contributed by atoms with Crippen LogP contribution in [0.4, 0.5) is 5.88 Å². The van der Waals surface area contributed by atoms with Crippen molar-refractivity contribution in [3.05, 3.63) is 195 Å². The van der Waals surface area contributed by atoms with Crippen molar-refractivity contribution in [2.24, 2.45) is 10.9 Å². The van der Waals surface area contributed by atoms with Crippen molar-refractivity contribution in [2.45, 2.75) is 87.0 Å². The molecule has 6 aliphatic carbocycles. The number of anilines is 1. The standard InChI is InChI=1S/C54H46N2O/c1-53-42-21-8-6-18-38(42)40-30-46-41(31-45(40)53)48-37(20-13-22-43(48)54(46)26-10-3-11-27-54)34-17-12-16-33(28-34)36-25-24-35(29-44(36)53)51-55-50(32-14-4-2-5-15-32)49-39-19-7-9-23-47(39)57-52(49)56-51/h2,4-9,13-15,18-25,28-31,34,40,45,50H,3,10-12,16-17,26-27H2,1H3,(H,55,56). The van der Waals surface area contributed by atoms with Crippen LogP contribution in [0.5, 0.6) is 0 Å². The Labute approximate surface area is 335 Å². The zero-order valence-electron chi connectivity index (χ0n) is 32.5. The molecule has 278 valence electrons. The fourth-order valence-electron chi connectivity index (χ4n) is 13.0. The first-order valence-electron chi connectivity index (χ1n) is 21.5. The van der Waals surface area contributed by atoms with Gasteiger partial charge in [-0.15, -0.1) is 0 Å². The molecule has 7 aliphatic rings. The highest BCUT2D eigenvalue weighted by atomic mass is 16.4. The van der Waals surface area contributed by atoms with E-state index >= 15 is 0 Å². The molecular formula is C54H46N2O. The van der Waals surface area contributed by atoms with E-state index in [4.69, 9.17) is 9.41 Å². The Morgan fingerprint density at radius 2 is 1.53 bits per heavy atom. The number of benzene rings is 5. The minimum absolute atomic E-state index is 0.139. The number of furan rings is 1. The Morgan fingerprint density at radius 1 is 0.719 bits per heavy atom. The van der Waals surface area contributed by atoms with Crippen LogP contribution in [-0.4, -0.2) is 5.84 Å². The number of fused-ring (bicyclic) bond motifs is 13. The molecule has 5 aromatic carbocycles. The van der Waals surface area contributed by atoms with Gasteiger partial charge in [-0.05, 0) is 105 Å². The van der Waals surface area contributed by atoms with Crippen molar-refractivity contribution in [1.29, 1.82) is 0 Å². The van der Waals surface area contributed by atoms with Gasteiger partial charge in [-0.3, -0.25) is 4.99 Å². The van der Waals surface area contributed by atoms with Crippen LogP contribution >= 0.6 is 0 Å². The van der Waals surface area contributed by atoms with Gasteiger partial charge >= 0.3 is 0 Å². The van der Waals surface area contributed by atoms with Gasteiger partial charge in [0.1, 0.15) is 17.5 Å². The van der Waals surface area contributed by atoms with Gasteiger partial charge in [0.2, 0.25) is 5.88 Å². The summed E-state index contributed by atoms with van der Waals surface area (Å²) in [5.41, 5.74) is 19.5. The van der Waals surface area contributed by atoms with Crippen molar-refractivity contribution in [3.63, 3.8) is 0 Å². The second-order valence-electron chi connectivity index (χ2n) is 18.1. The van der Waals surface area contributed by atoms with E-state index in [1.165, 1.54) is 78.3 Å². The van der Waals surface area contributed by atoms with Crippen molar-refractivity contribution < 1.29 is 4.42 Å². The molecule has 1 aromatic heterocycles. The van der Waals surface area contributed by atoms with E-state index in [2.05, 4.69) is 146 Å². The third-order valence-electron chi connectivity index (χ3n) is 15.5. The van der Waals surface area contributed by atoms with E-state index in [9.17, 15) is 0 Å². The third-order valence-corrected chi connectivity index (χ3v) is 15.5. The highest BCUT2D eigenvalue weighted by Gasteiger charge is 2.55. The lowest BCUT2D eigenvalue weighted by atomic mass is 9.62. The summed E-state index contributed by atoms with van der Waals surface area (Å²) in [5, 5.41) is 4.85. The van der Waals surface area contributed by atoms with E-state index in [-0.39, 0.29) is 16.9 Å². The lowest BCUT2D eigenvalue weighted by Crippen LogP contribution is -2.34. The normalized spacial score (nSPS) is 26.9. The summed E-state index contributed by atoms with van der Waals surface area (Å²) in [6, 6.07) is 43.1. The fraction of sp³-hybridized carbons (Fsp3) is 0.278. The summed E-state index contributed by atoms with van der Waals surface area (Å²) < 4.78 is 6.59. The van der Waals surface area contributed by atoms with E-state index in [1.54, 1.807) is 27.8 Å². The number of allylic oxidation sites excluding steroid dienone is 6. The van der Waals surface area contributed by atoms with Crippen molar-refractivity contribution >= 4 is 33.8 Å². The average Bonchev–Trinajstić information content (AvgIpc) is 3.87. The van der Waals surface area contributed by atoms with Gasteiger partial charge in [0.25, 0.3) is 0 Å². The van der Waals surface area contributed by atoms with Crippen LogP contribution < -0.4 is 5.32 Å². The Balaban J connectivity index is 1.06. The van der Waals surface area contributed by atoms with Crippen LogP contribution in [0.1, 0.15) is 132 Å². The van der Waals surface area contributed by atoms with Crippen molar-refractivity contribution in [2.75, 3.05) is 5.32 Å². The maximum absolute atomic E-state index is 6.59. The molecular weight excluding hydrogens is 693 g/mol. The van der Waals surface area contributed by atoms with E-state index in [1.807, 2.05) is 0 Å². The highest BCUT2D eigenvalue weighted by molar-refractivity contribution is 6.11. The van der Waals surface area contributed by atoms with Crippen molar-refractivity contribution in [1.82, 2.24) is 0 Å². The van der Waals surface area contributed by atoms with Gasteiger partial charge in [0.05, 0.1) is 5.56 Å². The summed E-state index contributed by atoms with van der Waals surface area (Å²) in [6.45, 7) is 2.58. The van der Waals surface area contributed by atoms with Crippen LogP contribution in [0, 0.1) is 5.92 Å². The van der Waals surface area contributed by atoms with E-state index < -0.39 is 0 Å². The van der Waals surface area contributed by atoms with Gasteiger partial charge in [-0.1, -0.05) is 148 Å². The van der Waals surface area contributed by atoms with Gasteiger partial charge in [-0.2, -0.15) is 0 Å². The summed E-state index contributed by atoms with van der Waals surface area (Å²) in [6.07, 6.45) is 18.3. The molecule has 1 N–H and O–H groups in total. The largest absolute Gasteiger partial charge is 0.440 e. The lowest BCUT2D eigenvalue weighted by molar-refractivity contribution is 0.347. The first-order valence-corrected chi connectivity index (χ1v) is 21.5.